The van der Waals surface area contributed by atoms with E-state index in [1.54, 1.807) is 54.9 Å². The number of nitrogens with zero attached hydrogens (tertiary/aromatic N) is 6. The largest absolute Gasteiger partial charge is 0.619 e. The molecule has 8 heteroatoms. The first-order valence-corrected chi connectivity index (χ1v) is 8.01. The fourth-order valence-corrected chi connectivity index (χ4v) is 2.60. The lowest BCUT2D eigenvalue weighted by Crippen LogP contribution is -2.23. The van der Waals surface area contributed by atoms with Gasteiger partial charge in [-0.15, -0.1) is 0 Å². The molecule has 26 heavy (non-hydrogen) atoms. The summed E-state index contributed by atoms with van der Waals surface area (Å²) in [5.41, 5.74) is 1.69. The summed E-state index contributed by atoms with van der Waals surface area (Å²) in [4.78, 5) is 17.6. The van der Waals surface area contributed by atoms with Crippen molar-refractivity contribution < 1.29 is 9.84 Å². The molecular formula is C18H16N6O2. The molecule has 0 aliphatic carbocycles. The third-order valence-corrected chi connectivity index (χ3v) is 3.98. The predicted octanol–water partition coefficient (Wildman–Crippen LogP) is 1.71. The van der Waals surface area contributed by atoms with Gasteiger partial charge in [-0.1, -0.05) is 0 Å². The number of rotatable bonds is 3. The molecular weight excluding hydrogens is 332 g/mol. The lowest BCUT2D eigenvalue weighted by atomic mass is 10.1. The Labute approximate surface area is 149 Å². The van der Waals surface area contributed by atoms with Crippen molar-refractivity contribution in [3.05, 3.63) is 66.2 Å². The van der Waals surface area contributed by atoms with Crippen LogP contribution in [-0.4, -0.2) is 29.4 Å². The van der Waals surface area contributed by atoms with E-state index in [0.29, 0.717) is 27.7 Å². The van der Waals surface area contributed by atoms with Crippen molar-refractivity contribution in [3.8, 4) is 22.8 Å². The van der Waals surface area contributed by atoms with Gasteiger partial charge in [0.25, 0.3) is 0 Å². The molecule has 0 aliphatic heterocycles. The van der Waals surface area contributed by atoms with E-state index in [4.69, 9.17) is 0 Å². The summed E-state index contributed by atoms with van der Waals surface area (Å²) < 4.78 is 2.52. The molecule has 0 radical (unpaired) electrons. The highest BCUT2D eigenvalue weighted by molar-refractivity contribution is 5.62. The standard InChI is InChI=1S/C18H16N6O2/c1-18(2,25)15-6-10-24-14(11-20-17(24)22-15)13-3-7-19-16(21-13)12-4-8-23(26)9-5-12/h3-11,25H,1-2H3. The van der Waals surface area contributed by atoms with E-state index in [2.05, 4.69) is 19.9 Å². The van der Waals surface area contributed by atoms with Crippen LogP contribution in [0, 0.1) is 5.21 Å². The molecule has 4 aromatic heterocycles. The Balaban J connectivity index is 1.78. The predicted molar refractivity (Wildman–Crippen MR) is 93.7 cm³/mol. The van der Waals surface area contributed by atoms with Gasteiger partial charge in [0.15, 0.2) is 18.2 Å². The molecule has 0 aliphatic rings. The van der Waals surface area contributed by atoms with E-state index < -0.39 is 5.60 Å². The van der Waals surface area contributed by atoms with Gasteiger partial charge < -0.3 is 10.3 Å². The van der Waals surface area contributed by atoms with Crippen molar-refractivity contribution >= 4 is 5.78 Å². The minimum atomic E-state index is -1.04. The van der Waals surface area contributed by atoms with Crippen LogP contribution in [0.4, 0.5) is 0 Å². The van der Waals surface area contributed by atoms with Crippen LogP contribution in [0.1, 0.15) is 19.5 Å². The number of fused-ring (bicyclic) bond motifs is 1. The van der Waals surface area contributed by atoms with Gasteiger partial charge in [0, 0.05) is 30.1 Å². The summed E-state index contributed by atoms with van der Waals surface area (Å²) in [6.07, 6.45) is 7.96. The van der Waals surface area contributed by atoms with Crippen LogP contribution in [0.25, 0.3) is 28.6 Å². The van der Waals surface area contributed by atoms with Gasteiger partial charge in [0.2, 0.25) is 5.78 Å². The zero-order valence-electron chi connectivity index (χ0n) is 14.2. The summed E-state index contributed by atoms with van der Waals surface area (Å²) in [6.45, 7) is 3.36. The minimum absolute atomic E-state index is 0.479. The van der Waals surface area contributed by atoms with Gasteiger partial charge in [-0.2, -0.15) is 4.73 Å². The van der Waals surface area contributed by atoms with E-state index in [-0.39, 0.29) is 0 Å². The first kappa shape index (κ1) is 16.1. The second kappa shape index (κ2) is 5.85. The van der Waals surface area contributed by atoms with Crippen LogP contribution < -0.4 is 4.73 Å². The molecule has 0 saturated carbocycles. The summed E-state index contributed by atoms with van der Waals surface area (Å²) in [6, 6.07) is 6.87. The topological polar surface area (TPSA) is 103 Å². The van der Waals surface area contributed by atoms with Gasteiger partial charge in [0.05, 0.1) is 23.3 Å². The fraction of sp³-hybridized carbons (Fsp3) is 0.167. The maximum absolute atomic E-state index is 11.2. The van der Waals surface area contributed by atoms with Gasteiger partial charge in [-0.05, 0) is 26.0 Å². The summed E-state index contributed by atoms with van der Waals surface area (Å²) in [5, 5.41) is 21.3. The molecule has 0 spiro atoms. The van der Waals surface area contributed by atoms with Gasteiger partial charge >= 0.3 is 0 Å². The lowest BCUT2D eigenvalue weighted by Gasteiger charge is -2.16. The summed E-state index contributed by atoms with van der Waals surface area (Å²) >= 11 is 0. The summed E-state index contributed by atoms with van der Waals surface area (Å²) in [7, 11) is 0. The highest BCUT2D eigenvalue weighted by atomic mass is 16.5. The monoisotopic (exact) mass is 348 g/mol. The zero-order valence-corrected chi connectivity index (χ0v) is 14.2. The lowest BCUT2D eigenvalue weighted by molar-refractivity contribution is -0.605. The SMILES string of the molecule is CC(C)(O)c1ccn2c(-c3ccnc(-c4cc[n+]([O-])cc4)n3)cnc2n1. The molecule has 4 aromatic rings. The van der Waals surface area contributed by atoms with Gasteiger partial charge in [-0.25, -0.2) is 19.9 Å². The van der Waals surface area contributed by atoms with E-state index in [9.17, 15) is 10.3 Å². The second-order valence-corrected chi connectivity index (χ2v) is 6.40. The molecule has 0 bridgehead atoms. The Morgan fingerprint density at radius 1 is 1.08 bits per heavy atom. The third-order valence-electron chi connectivity index (χ3n) is 3.98. The highest BCUT2D eigenvalue weighted by Gasteiger charge is 2.19. The number of hydrogen-bond donors (Lipinski definition) is 1. The molecule has 1 N–H and O–H groups in total. The molecule has 0 atom stereocenters. The Bertz CT molecular complexity index is 1080. The fourth-order valence-electron chi connectivity index (χ4n) is 2.60. The average Bonchev–Trinajstić information content (AvgIpc) is 3.05. The minimum Gasteiger partial charge on any atom is -0.619 e. The Hall–Kier alpha value is -3.39. The van der Waals surface area contributed by atoms with Crippen molar-refractivity contribution in [2.45, 2.75) is 19.4 Å². The van der Waals surface area contributed by atoms with Crippen LogP contribution >= 0.6 is 0 Å². The Kier molecular flexibility index (Phi) is 3.62. The smallest absolute Gasteiger partial charge is 0.234 e. The van der Waals surface area contributed by atoms with Crippen molar-refractivity contribution in [1.82, 2.24) is 24.3 Å². The van der Waals surface area contributed by atoms with Gasteiger partial charge in [0.1, 0.15) is 5.60 Å². The molecule has 0 saturated heterocycles. The van der Waals surface area contributed by atoms with Crippen molar-refractivity contribution in [2.75, 3.05) is 0 Å². The van der Waals surface area contributed by atoms with E-state index in [1.807, 2.05) is 6.20 Å². The quantitative estimate of drug-likeness (QED) is 0.447. The maximum atomic E-state index is 11.2. The number of hydrogen-bond acceptors (Lipinski definition) is 6. The zero-order chi connectivity index (χ0) is 18.3. The average molecular weight is 348 g/mol. The Morgan fingerprint density at radius 3 is 2.58 bits per heavy atom. The molecule has 0 fully saturated rings. The van der Waals surface area contributed by atoms with Crippen LogP contribution in [-0.2, 0) is 5.60 Å². The number of aliphatic hydroxyl groups is 1. The first-order chi connectivity index (χ1) is 12.4. The van der Waals surface area contributed by atoms with E-state index in [0.717, 1.165) is 11.3 Å². The van der Waals surface area contributed by atoms with Crippen LogP contribution in [0.5, 0.6) is 0 Å². The van der Waals surface area contributed by atoms with Crippen molar-refractivity contribution in [1.29, 1.82) is 0 Å². The second-order valence-electron chi connectivity index (χ2n) is 6.40. The molecule has 8 nitrogen and oxygen atoms in total. The first-order valence-electron chi connectivity index (χ1n) is 8.01. The molecule has 4 heterocycles. The normalized spacial score (nSPS) is 11.8. The number of pyridine rings is 1. The number of imidazole rings is 1. The van der Waals surface area contributed by atoms with Crippen molar-refractivity contribution in [3.63, 3.8) is 0 Å². The van der Waals surface area contributed by atoms with Crippen LogP contribution in [0.3, 0.4) is 0 Å². The van der Waals surface area contributed by atoms with Crippen molar-refractivity contribution in [2.24, 2.45) is 0 Å². The summed E-state index contributed by atoms with van der Waals surface area (Å²) in [5.74, 6) is 0.992. The van der Waals surface area contributed by atoms with Crippen LogP contribution in [0.15, 0.2) is 55.2 Å². The molecule has 0 amide bonds. The van der Waals surface area contributed by atoms with Crippen LogP contribution in [0.2, 0.25) is 0 Å². The highest BCUT2D eigenvalue weighted by Crippen LogP contribution is 2.23. The third kappa shape index (κ3) is 2.86. The molecule has 4 rings (SSSR count). The van der Waals surface area contributed by atoms with E-state index in [1.165, 1.54) is 12.4 Å². The molecule has 0 aromatic carbocycles. The molecule has 0 unspecified atom stereocenters. The molecule has 130 valence electrons. The van der Waals surface area contributed by atoms with Gasteiger partial charge in [-0.3, -0.25) is 4.40 Å². The number of aromatic nitrogens is 6. The van der Waals surface area contributed by atoms with E-state index >= 15 is 0 Å². The Morgan fingerprint density at radius 2 is 1.85 bits per heavy atom. The maximum Gasteiger partial charge on any atom is 0.234 e.